The highest BCUT2D eigenvalue weighted by Crippen LogP contribution is 2.36. The molecule has 0 saturated carbocycles. The minimum absolute atomic E-state index is 0.0148. The predicted molar refractivity (Wildman–Crippen MR) is 240 cm³/mol. The predicted octanol–water partition coefficient (Wildman–Crippen LogP) is 3.32. The molecule has 16 heteroatoms. The Morgan fingerprint density at radius 2 is 0.866 bits per heavy atom. The van der Waals surface area contributed by atoms with Crippen LogP contribution in [0.15, 0.2) is 134 Å². The molecule has 0 amide bonds. The third kappa shape index (κ3) is 13.8. The number of allylic oxidation sites excluding steroid dienone is 1. The van der Waals surface area contributed by atoms with Gasteiger partial charge in [0, 0.05) is 0 Å². The summed E-state index contributed by atoms with van der Waals surface area (Å²) in [5.41, 5.74) is 3.57. The summed E-state index contributed by atoms with van der Waals surface area (Å²) in [6, 6.07) is 38.4. The smallest absolute Gasteiger partial charge is 0.187 e. The van der Waals surface area contributed by atoms with Crippen molar-refractivity contribution < 1.29 is 78.0 Å². The molecule has 67 heavy (non-hydrogen) atoms. The highest BCUT2D eigenvalue weighted by Gasteiger charge is 2.55. The van der Waals surface area contributed by atoms with Crippen LogP contribution in [0.3, 0.4) is 0 Å². The molecular formula is C51H64O16. The van der Waals surface area contributed by atoms with Crippen LogP contribution < -0.4 is 0 Å². The van der Waals surface area contributed by atoms with E-state index in [1.165, 1.54) is 0 Å². The molecule has 0 radical (unpaired) electrons. The van der Waals surface area contributed by atoms with Gasteiger partial charge in [0.25, 0.3) is 0 Å². The van der Waals surface area contributed by atoms with Gasteiger partial charge in [0.2, 0.25) is 0 Å². The Morgan fingerprint density at radius 3 is 1.36 bits per heavy atom. The summed E-state index contributed by atoms with van der Waals surface area (Å²) in [7, 11) is 0. The molecule has 3 heterocycles. The number of rotatable bonds is 24. The lowest BCUT2D eigenvalue weighted by Gasteiger charge is -2.49. The molecule has 6 N–H and O–H groups in total. The van der Waals surface area contributed by atoms with Crippen LogP contribution >= 0.6 is 0 Å². The van der Waals surface area contributed by atoms with Crippen molar-refractivity contribution in [1.82, 2.24) is 0 Å². The number of aliphatic hydroxyl groups is 6. The van der Waals surface area contributed by atoms with Crippen molar-refractivity contribution in [1.29, 1.82) is 0 Å². The van der Waals surface area contributed by atoms with E-state index in [0.717, 1.165) is 22.3 Å². The zero-order chi connectivity index (χ0) is 47.0. The molecule has 15 atom stereocenters. The van der Waals surface area contributed by atoms with Gasteiger partial charge < -0.3 is 78.0 Å². The minimum Gasteiger partial charge on any atom is -0.394 e. The third-order valence-electron chi connectivity index (χ3n) is 11.9. The van der Waals surface area contributed by atoms with Crippen molar-refractivity contribution in [2.24, 2.45) is 0 Å². The molecule has 3 aliphatic rings. The van der Waals surface area contributed by atoms with Crippen LogP contribution in [0.25, 0.3) is 0 Å². The Labute approximate surface area is 391 Å². The molecule has 0 unspecified atom stereocenters. The van der Waals surface area contributed by atoms with Gasteiger partial charge in [0.1, 0.15) is 73.2 Å². The van der Waals surface area contributed by atoms with Gasteiger partial charge in [-0.05, 0) is 35.1 Å². The van der Waals surface area contributed by atoms with Crippen LogP contribution in [-0.2, 0) is 73.8 Å². The van der Waals surface area contributed by atoms with E-state index < -0.39 is 105 Å². The van der Waals surface area contributed by atoms with E-state index in [2.05, 4.69) is 6.58 Å². The number of hydrogen-bond acceptors (Lipinski definition) is 16. The van der Waals surface area contributed by atoms with Crippen molar-refractivity contribution in [3.63, 3.8) is 0 Å². The molecule has 4 aromatic rings. The number of benzene rings is 4. The molecule has 0 aromatic heterocycles. The largest absolute Gasteiger partial charge is 0.394 e. The van der Waals surface area contributed by atoms with Crippen LogP contribution in [0.1, 0.15) is 35.1 Å². The highest BCUT2D eigenvalue weighted by molar-refractivity contribution is 5.17. The quantitative estimate of drug-likeness (QED) is 0.0440. The first-order valence-electron chi connectivity index (χ1n) is 22.8. The molecule has 364 valence electrons. The summed E-state index contributed by atoms with van der Waals surface area (Å²) in [6.07, 6.45) is -17.4. The maximum Gasteiger partial charge on any atom is 0.187 e. The lowest BCUT2D eigenvalue weighted by atomic mass is 9.95. The molecular weight excluding hydrogens is 869 g/mol. The molecule has 3 aliphatic heterocycles. The molecule has 7 rings (SSSR count). The summed E-state index contributed by atoms with van der Waals surface area (Å²) in [5, 5.41) is 66.6. The number of ether oxygens (including phenoxy) is 10. The Balaban J connectivity index is 1.15. The lowest BCUT2D eigenvalue weighted by Crippen LogP contribution is -2.67. The third-order valence-corrected chi connectivity index (χ3v) is 11.9. The van der Waals surface area contributed by atoms with Gasteiger partial charge >= 0.3 is 0 Å². The van der Waals surface area contributed by atoms with Gasteiger partial charge in [-0.1, -0.05) is 127 Å². The van der Waals surface area contributed by atoms with Crippen molar-refractivity contribution in [3.05, 3.63) is 156 Å². The minimum atomic E-state index is -1.85. The zero-order valence-electron chi connectivity index (χ0n) is 37.3. The fourth-order valence-corrected chi connectivity index (χ4v) is 8.29. The molecule has 3 fully saturated rings. The summed E-state index contributed by atoms with van der Waals surface area (Å²) in [4.78, 5) is 0. The highest BCUT2D eigenvalue weighted by atomic mass is 16.8. The van der Waals surface area contributed by atoms with Crippen LogP contribution in [0.2, 0.25) is 0 Å². The Kier molecular flexibility index (Phi) is 19.8. The van der Waals surface area contributed by atoms with E-state index in [1.54, 1.807) is 6.08 Å². The molecule has 0 aliphatic carbocycles. The summed E-state index contributed by atoms with van der Waals surface area (Å²) in [5.74, 6) is 0. The van der Waals surface area contributed by atoms with E-state index >= 15 is 0 Å². The summed E-state index contributed by atoms with van der Waals surface area (Å²) in [6.45, 7) is 3.18. The maximum absolute atomic E-state index is 11.9. The second-order valence-corrected chi connectivity index (χ2v) is 16.7. The number of aliphatic hydroxyl groups excluding tert-OH is 6. The molecule has 3 saturated heterocycles. The Hall–Kier alpha value is -4.02. The van der Waals surface area contributed by atoms with Gasteiger partial charge in [-0.2, -0.15) is 0 Å². The normalized spacial score (nSPS) is 32.2. The summed E-state index contributed by atoms with van der Waals surface area (Å²) < 4.78 is 63.3. The average Bonchev–Trinajstić information content (AvgIpc) is 3.36. The fraction of sp³-hybridized carbons (Fsp3) is 0.490. The van der Waals surface area contributed by atoms with E-state index in [-0.39, 0.29) is 39.6 Å². The maximum atomic E-state index is 11.9. The number of unbranched alkanes of at least 4 members (excludes halogenated alkanes) is 1. The van der Waals surface area contributed by atoms with Gasteiger partial charge in [0.15, 0.2) is 18.9 Å². The van der Waals surface area contributed by atoms with Crippen molar-refractivity contribution in [2.45, 2.75) is 131 Å². The zero-order valence-corrected chi connectivity index (χ0v) is 37.3. The van der Waals surface area contributed by atoms with Gasteiger partial charge in [0.05, 0.1) is 52.9 Å². The Morgan fingerprint density at radius 1 is 0.448 bits per heavy atom. The van der Waals surface area contributed by atoms with Crippen LogP contribution in [0.5, 0.6) is 0 Å². The van der Waals surface area contributed by atoms with E-state index in [4.69, 9.17) is 47.4 Å². The summed E-state index contributed by atoms with van der Waals surface area (Å²) >= 11 is 0. The first-order valence-corrected chi connectivity index (χ1v) is 22.8. The van der Waals surface area contributed by atoms with Gasteiger partial charge in [-0.15, -0.1) is 6.58 Å². The number of hydrogen-bond donors (Lipinski definition) is 6. The molecule has 16 nitrogen and oxygen atoms in total. The van der Waals surface area contributed by atoms with E-state index in [1.807, 2.05) is 121 Å². The second-order valence-electron chi connectivity index (χ2n) is 16.7. The monoisotopic (exact) mass is 932 g/mol. The van der Waals surface area contributed by atoms with E-state index in [9.17, 15) is 30.6 Å². The molecule has 0 spiro atoms. The van der Waals surface area contributed by atoms with Crippen LogP contribution in [-0.4, -0.2) is 149 Å². The topological polar surface area (TPSA) is 214 Å². The Bertz CT molecular complexity index is 1980. The van der Waals surface area contributed by atoms with Crippen molar-refractivity contribution >= 4 is 0 Å². The van der Waals surface area contributed by atoms with Crippen LogP contribution in [0.4, 0.5) is 0 Å². The van der Waals surface area contributed by atoms with Gasteiger partial charge in [-0.3, -0.25) is 0 Å². The second kappa shape index (κ2) is 26.1. The van der Waals surface area contributed by atoms with Gasteiger partial charge in [-0.25, -0.2) is 0 Å². The lowest BCUT2D eigenvalue weighted by molar-refractivity contribution is -0.384. The average molecular weight is 933 g/mol. The first kappa shape index (κ1) is 50.8. The standard InChI is InChI=1S/C51H64O16/c1-2-3-16-25-59-49-42(56)40(54)44(37(26-52)63-49)66-50-43(57)41(55)45(38(27-53)64-50)67-51-48(62-31-36-23-14-7-15-24-36)47(61-30-35-21-12-6-13-22-35)46(60-29-34-19-10-5-11-20-34)39(65-51)32-58-28-33-17-8-4-9-18-33/h2,4-15,17-24,37-57H,1,3,16,25-32H2/t37-,38+,39+,40-,41+,42-,43+,44-,45-,46-,47-,48+,49-,50-,51+/m0/s1. The van der Waals surface area contributed by atoms with Crippen molar-refractivity contribution in [3.8, 4) is 0 Å². The van der Waals surface area contributed by atoms with E-state index in [0.29, 0.717) is 12.8 Å². The molecule has 4 aromatic carbocycles. The molecule has 0 bridgehead atoms. The van der Waals surface area contributed by atoms with Crippen molar-refractivity contribution in [2.75, 3.05) is 26.4 Å². The first-order chi connectivity index (χ1) is 32.8. The fourth-order valence-electron chi connectivity index (χ4n) is 8.29. The SMILES string of the molecule is C=CCCCO[C@H]1O[C@@H](CO)[C@H](O[C@@H]2O[C@H](CO)[C@H](O[C@H]3O[C@H](COCc4ccccc4)[C@H](OCc4ccccc4)[C@H](OCc4ccccc4)[C@H]3OCc3ccccc3)[C@H](O)[C@H]2O)[C@@H](O)[C@@H]1O. The van der Waals surface area contributed by atoms with Crippen LogP contribution in [0, 0.1) is 0 Å².